The Labute approximate surface area is 165 Å². The van der Waals surface area contributed by atoms with Gasteiger partial charge in [-0.05, 0) is 25.0 Å². The number of rotatable bonds is 14. The molecule has 0 aliphatic carbocycles. The Morgan fingerprint density at radius 3 is 1.63 bits per heavy atom. The number of ether oxygens (including phenoxy) is 3. The van der Waals surface area contributed by atoms with E-state index in [2.05, 4.69) is 13.8 Å². The highest BCUT2D eigenvalue weighted by Gasteiger charge is 2.21. The van der Waals surface area contributed by atoms with Crippen molar-refractivity contribution in [3.8, 4) is 17.2 Å². The number of hydrogen-bond acceptors (Lipinski definition) is 4. The molecule has 0 bridgehead atoms. The van der Waals surface area contributed by atoms with Gasteiger partial charge in [0, 0.05) is 18.7 Å². The first-order valence-corrected chi connectivity index (χ1v) is 10.2. The summed E-state index contributed by atoms with van der Waals surface area (Å²) < 4.78 is 16.2. The summed E-state index contributed by atoms with van der Waals surface area (Å²) >= 11 is 0. The van der Waals surface area contributed by atoms with E-state index in [1.807, 2.05) is 4.90 Å². The lowest BCUT2D eigenvalue weighted by atomic mass is 10.1. The molecule has 5 nitrogen and oxygen atoms in total. The van der Waals surface area contributed by atoms with Gasteiger partial charge in [0.1, 0.15) is 0 Å². The molecule has 0 aliphatic heterocycles. The highest BCUT2D eigenvalue weighted by Crippen LogP contribution is 2.38. The van der Waals surface area contributed by atoms with Gasteiger partial charge < -0.3 is 19.1 Å². The average Bonchev–Trinajstić information content (AvgIpc) is 2.70. The zero-order valence-corrected chi connectivity index (χ0v) is 17.8. The van der Waals surface area contributed by atoms with Gasteiger partial charge in [0.2, 0.25) is 5.75 Å². The molecule has 1 aromatic carbocycles. The van der Waals surface area contributed by atoms with E-state index in [-0.39, 0.29) is 5.91 Å². The fourth-order valence-electron chi connectivity index (χ4n) is 3.16. The molecule has 27 heavy (non-hydrogen) atoms. The molecule has 1 rings (SSSR count). The van der Waals surface area contributed by atoms with Crippen LogP contribution in [0.4, 0.5) is 0 Å². The van der Waals surface area contributed by atoms with Crippen LogP contribution >= 0.6 is 0 Å². The van der Waals surface area contributed by atoms with Gasteiger partial charge in [-0.2, -0.15) is 0 Å². The average molecular weight is 380 g/mol. The number of carbonyl (C=O) groups excluding carboxylic acids is 1. The lowest BCUT2D eigenvalue weighted by Crippen LogP contribution is -2.33. The van der Waals surface area contributed by atoms with E-state index in [1.54, 1.807) is 33.5 Å². The Balaban J connectivity index is 2.96. The number of unbranched alkanes of at least 4 members (excludes halogenated alkanes) is 6. The van der Waals surface area contributed by atoms with Crippen LogP contribution in [0.5, 0.6) is 17.2 Å². The van der Waals surface area contributed by atoms with Crippen LogP contribution < -0.4 is 14.2 Å². The van der Waals surface area contributed by atoms with Crippen LogP contribution in [0.2, 0.25) is 0 Å². The SMILES string of the molecule is CCCCCCN(CCCCCC)C(=O)c1cc(OC)c(OC)c(OC)c1. The van der Waals surface area contributed by atoms with Gasteiger partial charge in [-0.15, -0.1) is 0 Å². The normalized spacial score (nSPS) is 10.6. The van der Waals surface area contributed by atoms with E-state index in [4.69, 9.17) is 14.2 Å². The minimum absolute atomic E-state index is 0.0299. The quantitative estimate of drug-likeness (QED) is 0.411. The monoisotopic (exact) mass is 379 g/mol. The van der Waals surface area contributed by atoms with Crippen molar-refractivity contribution in [3.63, 3.8) is 0 Å². The van der Waals surface area contributed by atoms with Crippen molar-refractivity contribution in [1.82, 2.24) is 4.90 Å². The molecule has 0 fully saturated rings. The molecule has 5 heteroatoms. The zero-order valence-electron chi connectivity index (χ0n) is 17.8. The summed E-state index contributed by atoms with van der Waals surface area (Å²) in [5.41, 5.74) is 0.579. The Morgan fingerprint density at radius 1 is 0.778 bits per heavy atom. The summed E-state index contributed by atoms with van der Waals surface area (Å²) in [6.45, 7) is 5.98. The molecule has 0 unspecified atom stereocenters. The van der Waals surface area contributed by atoms with E-state index in [0.717, 1.165) is 38.8 Å². The second kappa shape index (κ2) is 13.3. The topological polar surface area (TPSA) is 48.0 Å². The van der Waals surface area contributed by atoms with Gasteiger partial charge in [-0.25, -0.2) is 0 Å². The summed E-state index contributed by atoms with van der Waals surface area (Å²) in [6, 6.07) is 3.49. The fraction of sp³-hybridized carbons (Fsp3) is 0.682. The van der Waals surface area contributed by atoms with Crippen molar-refractivity contribution in [2.75, 3.05) is 34.4 Å². The molecule has 0 spiro atoms. The maximum absolute atomic E-state index is 13.2. The van der Waals surface area contributed by atoms with Crippen LogP contribution in [0, 0.1) is 0 Å². The van der Waals surface area contributed by atoms with Gasteiger partial charge in [-0.3, -0.25) is 4.79 Å². The molecule has 1 amide bonds. The molecule has 0 saturated heterocycles. The Bertz CT molecular complexity index is 522. The molecule has 0 saturated carbocycles. The first-order chi connectivity index (χ1) is 13.1. The second-order valence-corrected chi connectivity index (χ2v) is 6.83. The molecule has 0 atom stereocenters. The Morgan fingerprint density at radius 2 is 1.26 bits per heavy atom. The molecule has 154 valence electrons. The van der Waals surface area contributed by atoms with Gasteiger partial charge in [0.15, 0.2) is 11.5 Å². The predicted octanol–water partition coefficient (Wildman–Crippen LogP) is 5.32. The lowest BCUT2D eigenvalue weighted by molar-refractivity contribution is 0.0748. The van der Waals surface area contributed by atoms with Gasteiger partial charge >= 0.3 is 0 Å². The molecular weight excluding hydrogens is 342 g/mol. The number of carbonyl (C=O) groups is 1. The van der Waals surface area contributed by atoms with E-state index in [0.29, 0.717) is 22.8 Å². The number of amides is 1. The van der Waals surface area contributed by atoms with Crippen molar-refractivity contribution in [2.45, 2.75) is 65.2 Å². The lowest BCUT2D eigenvalue weighted by Gasteiger charge is -2.24. The van der Waals surface area contributed by atoms with Crippen LogP contribution in [0.15, 0.2) is 12.1 Å². The molecule has 0 radical (unpaired) electrons. The van der Waals surface area contributed by atoms with Gasteiger partial charge in [-0.1, -0.05) is 52.4 Å². The smallest absolute Gasteiger partial charge is 0.254 e. The first-order valence-electron chi connectivity index (χ1n) is 10.2. The van der Waals surface area contributed by atoms with Crippen molar-refractivity contribution >= 4 is 5.91 Å². The third-order valence-electron chi connectivity index (χ3n) is 4.76. The summed E-state index contributed by atoms with van der Waals surface area (Å²) in [6.07, 6.45) is 9.20. The van der Waals surface area contributed by atoms with E-state index in [1.165, 1.54) is 25.7 Å². The summed E-state index contributed by atoms with van der Waals surface area (Å²) in [5, 5.41) is 0. The second-order valence-electron chi connectivity index (χ2n) is 6.83. The van der Waals surface area contributed by atoms with Gasteiger partial charge in [0.05, 0.1) is 21.3 Å². The summed E-state index contributed by atoms with van der Waals surface area (Å²) in [5.74, 6) is 1.56. The first kappa shape index (κ1) is 23.1. The van der Waals surface area contributed by atoms with Crippen molar-refractivity contribution in [1.29, 1.82) is 0 Å². The maximum atomic E-state index is 13.2. The largest absolute Gasteiger partial charge is 0.493 e. The number of nitrogens with zero attached hydrogens (tertiary/aromatic N) is 1. The van der Waals surface area contributed by atoms with Crippen molar-refractivity contribution < 1.29 is 19.0 Å². The van der Waals surface area contributed by atoms with Crippen LogP contribution in [0.1, 0.15) is 75.6 Å². The minimum atomic E-state index is 0.0299. The molecule has 0 N–H and O–H groups in total. The Hall–Kier alpha value is -1.91. The molecule has 0 aliphatic rings. The van der Waals surface area contributed by atoms with Crippen molar-refractivity contribution in [2.24, 2.45) is 0 Å². The van der Waals surface area contributed by atoms with Crippen LogP contribution in [0.3, 0.4) is 0 Å². The van der Waals surface area contributed by atoms with E-state index < -0.39 is 0 Å². The third kappa shape index (κ3) is 7.31. The number of benzene rings is 1. The highest BCUT2D eigenvalue weighted by atomic mass is 16.5. The molecule has 1 aromatic rings. The zero-order chi connectivity index (χ0) is 20.1. The third-order valence-corrected chi connectivity index (χ3v) is 4.76. The number of hydrogen-bond donors (Lipinski definition) is 0. The van der Waals surface area contributed by atoms with Crippen LogP contribution in [0.25, 0.3) is 0 Å². The maximum Gasteiger partial charge on any atom is 0.254 e. The molecule has 0 aromatic heterocycles. The molecular formula is C22H37NO4. The number of methoxy groups -OCH3 is 3. The minimum Gasteiger partial charge on any atom is -0.493 e. The van der Waals surface area contributed by atoms with Gasteiger partial charge in [0.25, 0.3) is 5.91 Å². The summed E-state index contributed by atoms with van der Waals surface area (Å²) in [4.78, 5) is 15.2. The van der Waals surface area contributed by atoms with Crippen LogP contribution in [-0.4, -0.2) is 45.2 Å². The van der Waals surface area contributed by atoms with E-state index in [9.17, 15) is 4.79 Å². The summed E-state index contributed by atoms with van der Waals surface area (Å²) in [7, 11) is 4.70. The fourth-order valence-corrected chi connectivity index (χ4v) is 3.16. The predicted molar refractivity (Wildman–Crippen MR) is 110 cm³/mol. The molecule has 0 heterocycles. The van der Waals surface area contributed by atoms with E-state index >= 15 is 0 Å². The van der Waals surface area contributed by atoms with Crippen molar-refractivity contribution in [3.05, 3.63) is 17.7 Å². The Kier molecular flexibility index (Phi) is 11.4. The standard InChI is InChI=1S/C22H37NO4/c1-6-8-10-12-14-23(15-13-11-9-7-2)22(24)18-16-19(25-3)21(27-5)20(17-18)26-4/h16-17H,6-15H2,1-5H3. The van der Waals surface area contributed by atoms with Crippen LogP contribution in [-0.2, 0) is 0 Å². The highest BCUT2D eigenvalue weighted by molar-refractivity contribution is 5.95.